The molecule has 0 radical (unpaired) electrons. The van der Waals surface area contributed by atoms with Crippen LogP contribution in [-0.4, -0.2) is 15.9 Å². The smallest absolute Gasteiger partial charge is 0.222 e. The third kappa shape index (κ3) is 4.29. The van der Waals surface area contributed by atoms with E-state index in [9.17, 15) is 4.79 Å². The molecule has 0 bridgehead atoms. The average Bonchev–Trinajstić information content (AvgIpc) is 2.62. The number of hydrogen-bond acceptors (Lipinski definition) is 4. The number of anilines is 2. The van der Waals surface area contributed by atoms with Gasteiger partial charge in [-0.25, -0.2) is 9.97 Å². The van der Waals surface area contributed by atoms with E-state index in [4.69, 9.17) is 5.73 Å². The lowest BCUT2D eigenvalue weighted by Gasteiger charge is -2.08. The van der Waals surface area contributed by atoms with Crippen LogP contribution in [0.4, 0.5) is 11.5 Å². The van der Waals surface area contributed by atoms with Crippen LogP contribution in [0.2, 0.25) is 0 Å². The minimum Gasteiger partial charge on any atom is -0.399 e. The summed E-state index contributed by atoms with van der Waals surface area (Å²) in [6.07, 6.45) is 5.41. The second kappa shape index (κ2) is 7.40. The summed E-state index contributed by atoms with van der Waals surface area (Å²) in [7, 11) is 0. The van der Waals surface area contributed by atoms with Gasteiger partial charge in [-0.2, -0.15) is 0 Å². The molecule has 1 amide bonds. The van der Waals surface area contributed by atoms with Gasteiger partial charge in [-0.1, -0.05) is 48.5 Å². The first kappa shape index (κ1) is 16.4. The zero-order chi connectivity index (χ0) is 17.6. The van der Waals surface area contributed by atoms with E-state index in [-0.39, 0.29) is 5.91 Å². The number of rotatable bonds is 4. The Balaban J connectivity index is 1.99. The van der Waals surface area contributed by atoms with Crippen LogP contribution in [0.1, 0.15) is 18.2 Å². The fourth-order valence-electron chi connectivity index (χ4n) is 2.31. The van der Waals surface area contributed by atoms with E-state index < -0.39 is 0 Å². The highest BCUT2D eigenvalue weighted by Crippen LogP contribution is 2.22. The number of carbonyl (C=O) groups excluding carboxylic acids is 1. The summed E-state index contributed by atoms with van der Waals surface area (Å²) in [5, 5.41) is 2.71. The van der Waals surface area contributed by atoms with E-state index >= 15 is 0 Å². The van der Waals surface area contributed by atoms with Crippen molar-refractivity contribution in [1.29, 1.82) is 0 Å². The molecule has 25 heavy (non-hydrogen) atoms. The molecule has 0 aliphatic heterocycles. The highest BCUT2D eigenvalue weighted by Gasteiger charge is 2.08. The van der Waals surface area contributed by atoms with E-state index in [1.54, 1.807) is 6.20 Å². The molecule has 2 aromatic carbocycles. The van der Waals surface area contributed by atoms with Gasteiger partial charge in [0, 0.05) is 18.2 Å². The van der Waals surface area contributed by atoms with E-state index in [2.05, 4.69) is 15.3 Å². The van der Waals surface area contributed by atoms with Gasteiger partial charge in [0.15, 0.2) is 5.82 Å². The maximum Gasteiger partial charge on any atom is 0.222 e. The second-order valence-electron chi connectivity index (χ2n) is 5.54. The average molecular weight is 330 g/mol. The van der Waals surface area contributed by atoms with E-state index in [1.807, 2.05) is 66.7 Å². The van der Waals surface area contributed by atoms with Gasteiger partial charge in [-0.05, 0) is 23.8 Å². The zero-order valence-corrected chi connectivity index (χ0v) is 13.8. The quantitative estimate of drug-likeness (QED) is 0.712. The summed E-state index contributed by atoms with van der Waals surface area (Å²) in [6, 6.07) is 17.3. The topological polar surface area (TPSA) is 80.9 Å². The Labute approximate surface area is 146 Å². The van der Waals surface area contributed by atoms with Crippen LogP contribution in [0.5, 0.6) is 0 Å². The Morgan fingerprint density at radius 1 is 1.04 bits per heavy atom. The minimum absolute atomic E-state index is 0.191. The Bertz CT molecular complexity index is 903. The summed E-state index contributed by atoms with van der Waals surface area (Å²) in [5.41, 5.74) is 9.67. The van der Waals surface area contributed by atoms with Gasteiger partial charge >= 0.3 is 0 Å². The first-order chi connectivity index (χ1) is 12.1. The van der Waals surface area contributed by atoms with Gasteiger partial charge in [-0.3, -0.25) is 4.79 Å². The third-order valence-electron chi connectivity index (χ3n) is 3.53. The van der Waals surface area contributed by atoms with Crippen molar-refractivity contribution in [2.75, 3.05) is 11.1 Å². The van der Waals surface area contributed by atoms with Gasteiger partial charge in [0.05, 0.1) is 11.9 Å². The van der Waals surface area contributed by atoms with Crippen LogP contribution < -0.4 is 11.1 Å². The van der Waals surface area contributed by atoms with Crippen molar-refractivity contribution < 1.29 is 4.79 Å². The van der Waals surface area contributed by atoms with Gasteiger partial charge in [-0.15, -0.1) is 0 Å². The number of hydrogen-bond donors (Lipinski definition) is 2. The van der Waals surface area contributed by atoms with Crippen LogP contribution in [0.3, 0.4) is 0 Å². The summed E-state index contributed by atoms with van der Waals surface area (Å²) >= 11 is 0. The van der Waals surface area contributed by atoms with Crippen molar-refractivity contribution in [3.63, 3.8) is 0 Å². The Hall–Kier alpha value is -3.47. The molecule has 0 saturated carbocycles. The molecule has 0 aliphatic rings. The molecule has 1 aromatic heterocycles. The Morgan fingerprint density at radius 2 is 1.76 bits per heavy atom. The molecule has 0 fully saturated rings. The van der Waals surface area contributed by atoms with E-state index in [0.717, 1.165) is 11.1 Å². The van der Waals surface area contributed by atoms with Crippen LogP contribution in [0, 0.1) is 0 Å². The van der Waals surface area contributed by atoms with Crippen molar-refractivity contribution in [2.24, 2.45) is 0 Å². The predicted molar refractivity (Wildman–Crippen MR) is 102 cm³/mol. The zero-order valence-electron chi connectivity index (χ0n) is 13.8. The molecule has 5 heteroatoms. The maximum atomic E-state index is 11.4. The molecule has 0 unspecified atom stereocenters. The molecule has 0 aliphatic carbocycles. The van der Waals surface area contributed by atoms with Crippen LogP contribution in [-0.2, 0) is 4.79 Å². The summed E-state index contributed by atoms with van der Waals surface area (Å²) in [5.74, 6) is 0.239. The van der Waals surface area contributed by atoms with E-state index in [1.165, 1.54) is 6.92 Å². The molecule has 124 valence electrons. The molecule has 3 aromatic rings. The highest BCUT2D eigenvalue weighted by molar-refractivity contribution is 5.90. The van der Waals surface area contributed by atoms with Gasteiger partial charge in [0.25, 0.3) is 0 Å². The number of nitrogens with one attached hydrogen (secondary N) is 1. The normalized spacial score (nSPS) is 10.8. The summed E-state index contributed by atoms with van der Waals surface area (Å²) < 4.78 is 0. The lowest BCUT2D eigenvalue weighted by Crippen LogP contribution is -2.10. The monoisotopic (exact) mass is 330 g/mol. The fourth-order valence-corrected chi connectivity index (χ4v) is 2.31. The Morgan fingerprint density at radius 3 is 2.44 bits per heavy atom. The van der Waals surface area contributed by atoms with E-state index in [0.29, 0.717) is 22.9 Å². The highest BCUT2D eigenvalue weighted by atomic mass is 16.1. The van der Waals surface area contributed by atoms with Crippen LogP contribution in [0.25, 0.3) is 23.4 Å². The van der Waals surface area contributed by atoms with Gasteiger partial charge in [0.2, 0.25) is 5.91 Å². The first-order valence-electron chi connectivity index (χ1n) is 7.85. The molecule has 3 N–H and O–H groups in total. The van der Waals surface area contributed by atoms with Crippen molar-refractivity contribution >= 4 is 29.6 Å². The summed E-state index contributed by atoms with van der Waals surface area (Å²) in [4.78, 5) is 20.4. The van der Waals surface area contributed by atoms with Crippen LogP contribution in [0.15, 0.2) is 60.8 Å². The molecule has 5 nitrogen and oxygen atoms in total. The predicted octanol–water partition coefficient (Wildman–Crippen LogP) is 3.85. The number of amides is 1. The standard InChI is InChI=1S/C20H18N4O/c1-14(25)23-20-18(12-7-15-5-3-2-4-6-15)24-19(13-22-20)16-8-10-17(21)11-9-16/h2-13H,21H2,1H3,(H,22,23,25)/b12-7+. The SMILES string of the molecule is CC(=O)Nc1ncc(-c2ccc(N)cc2)nc1/C=C/c1ccccc1. The number of benzene rings is 2. The maximum absolute atomic E-state index is 11.4. The fraction of sp³-hybridized carbons (Fsp3) is 0.0500. The lowest BCUT2D eigenvalue weighted by molar-refractivity contribution is -0.114. The van der Waals surface area contributed by atoms with Gasteiger partial charge in [0.1, 0.15) is 5.69 Å². The second-order valence-corrected chi connectivity index (χ2v) is 5.54. The molecule has 1 heterocycles. The number of carbonyl (C=O) groups is 1. The molecule has 3 rings (SSSR count). The van der Waals surface area contributed by atoms with Crippen LogP contribution >= 0.6 is 0 Å². The molecular weight excluding hydrogens is 312 g/mol. The van der Waals surface area contributed by atoms with Crippen molar-refractivity contribution in [1.82, 2.24) is 9.97 Å². The molecule has 0 spiro atoms. The van der Waals surface area contributed by atoms with Crippen molar-refractivity contribution in [3.05, 3.63) is 72.1 Å². The lowest BCUT2D eigenvalue weighted by atomic mass is 10.1. The largest absolute Gasteiger partial charge is 0.399 e. The number of nitrogen functional groups attached to an aromatic ring is 1. The first-order valence-corrected chi connectivity index (χ1v) is 7.85. The van der Waals surface area contributed by atoms with Gasteiger partial charge < -0.3 is 11.1 Å². The summed E-state index contributed by atoms with van der Waals surface area (Å²) in [6.45, 7) is 1.44. The number of aromatic nitrogens is 2. The Kier molecular flexibility index (Phi) is 4.85. The number of nitrogens with zero attached hydrogens (tertiary/aromatic N) is 2. The number of nitrogens with two attached hydrogens (primary N) is 1. The van der Waals surface area contributed by atoms with Crippen molar-refractivity contribution in [2.45, 2.75) is 6.92 Å². The minimum atomic E-state index is -0.191. The molecule has 0 saturated heterocycles. The molecular formula is C20H18N4O. The molecule has 0 atom stereocenters. The third-order valence-corrected chi connectivity index (χ3v) is 3.53. The van der Waals surface area contributed by atoms with Crippen molar-refractivity contribution in [3.8, 4) is 11.3 Å².